The van der Waals surface area contributed by atoms with Crippen LogP contribution < -0.4 is 10.6 Å². The number of aromatic nitrogens is 3. The summed E-state index contributed by atoms with van der Waals surface area (Å²) in [5, 5.41) is 5.78. The van der Waals surface area contributed by atoms with E-state index >= 15 is 0 Å². The van der Waals surface area contributed by atoms with E-state index in [4.69, 9.17) is 0 Å². The molecule has 5 aliphatic rings. The number of carbonyl (C=O) groups excluding carboxylic acids is 2. The average Bonchev–Trinajstić information content (AvgIpc) is 4.05. The Morgan fingerprint density at radius 2 is 1.36 bits per heavy atom. The average molecular weight is 716 g/mol. The van der Waals surface area contributed by atoms with E-state index in [0.717, 1.165) is 62.1 Å². The number of hydrogen-bond donors (Lipinski definition) is 2. The van der Waals surface area contributed by atoms with Crippen molar-refractivity contribution in [1.82, 2.24) is 24.3 Å². The SMILES string of the molecule is Cn1ccnc1CN1CCCCC1.O=C(Nc1ccc(C2CC2)cc1)[C@H]1CCCCN1Cc1ncccc1C1CC1.O=CNc1ccc(C2CC2)cc1. The molecule has 1 atom stereocenters. The van der Waals surface area contributed by atoms with E-state index < -0.39 is 0 Å². The quantitative estimate of drug-likeness (QED) is 0.152. The van der Waals surface area contributed by atoms with Gasteiger partial charge < -0.3 is 15.2 Å². The number of anilines is 2. The first-order chi connectivity index (χ1) is 26.0. The van der Waals surface area contributed by atoms with Crippen molar-refractivity contribution in [2.45, 2.75) is 114 Å². The number of benzene rings is 2. The third kappa shape index (κ3) is 10.9. The fourth-order valence-electron chi connectivity index (χ4n) is 7.70. The van der Waals surface area contributed by atoms with Crippen LogP contribution in [0.1, 0.15) is 123 Å². The molecule has 0 unspecified atom stereocenters. The fourth-order valence-corrected chi connectivity index (χ4v) is 7.70. The number of likely N-dealkylation sites (tertiary alicyclic amines) is 2. The summed E-state index contributed by atoms with van der Waals surface area (Å²) in [5.41, 5.74) is 7.14. The molecule has 5 fully saturated rings. The van der Waals surface area contributed by atoms with E-state index in [2.05, 4.69) is 84.5 Å². The molecule has 9 rings (SSSR count). The molecule has 4 aromatic rings. The largest absolute Gasteiger partial charge is 0.337 e. The molecule has 2 saturated heterocycles. The molecule has 2 aliphatic heterocycles. The first kappa shape index (κ1) is 37.0. The predicted octanol–water partition coefficient (Wildman–Crippen LogP) is 8.37. The molecule has 2 aromatic carbocycles. The van der Waals surface area contributed by atoms with Gasteiger partial charge in [-0.2, -0.15) is 0 Å². The van der Waals surface area contributed by atoms with E-state index in [1.807, 2.05) is 36.8 Å². The molecular weight excluding hydrogens is 659 g/mol. The van der Waals surface area contributed by atoms with Crippen LogP contribution in [0.3, 0.4) is 0 Å². The summed E-state index contributed by atoms with van der Waals surface area (Å²) in [6.07, 6.45) is 21.6. The molecular formula is C44H57N7O2. The van der Waals surface area contributed by atoms with Crippen molar-refractivity contribution >= 4 is 23.7 Å². The zero-order chi connectivity index (χ0) is 36.4. The van der Waals surface area contributed by atoms with E-state index in [1.54, 1.807) is 0 Å². The van der Waals surface area contributed by atoms with E-state index in [0.29, 0.717) is 12.3 Å². The summed E-state index contributed by atoms with van der Waals surface area (Å²) in [6, 6.07) is 20.7. The van der Waals surface area contributed by atoms with Crippen LogP contribution >= 0.6 is 0 Å². The normalized spacial score (nSPS) is 20.3. The van der Waals surface area contributed by atoms with Crippen LogP contribution in [-0.4, -0.2) is 62.3 Å². The molecule has 0 spiro atoms. The molecule has 9 heteroatoms. The number of rotatable bonds is 11. The molecule has 2 N–H and O–H groups in total. The van der Waals surface area contributed by atoms with Crippen molar-refractivity contribution in [2.24, 2.45) is 7.05 Å². The summed E-state index contributed by atoms with van der Waals surface area (Å²) < 4.78 is 2.11. The lowest BCUT2D eigenvalue weighted by molar-refractivity contribution is -0.122. The van der Waals surface area contributed by atoms with Crippen molar-refractivity contribution in [1.29, 1.82) is 0 Å². The monoisotopic (exact) mass is 715 g/mol. The van der Waals surface area contributed by atoms with Gasteiger partial charge in [0.1, 0.15) is 5.82 Å². The summed E-state index contributed by atoms with van der Waals surface area (Å²) in [4.78, 5) is 37.0. The van der Waals surface area contributed by atoms with Crippen LogP contribution in [0.5, 0.6) is 0 Å². The zero-order valence-corrected chi connectivity index (χ0v) is 31.5. The fraction of sp³-hybridized carbons (Fsp3) is 0.500. The molecule has 2 amide bonds. The number of pyridine rings is 1. The number of nitrogens with zero attached hydrogens (tertiary/aromatic N) is 5. The Morgan fingerprint density at radius 3 is 1.96 bits per heavy atom. The second-order valence-corrected chi connectivity index (χ2v) is 15.6. The third-order valence-electron chi connectivity index (χ3n) is 11.4. The lowest BCUT2D eigenvalue weighted by Crippen LogP contribution is -2.46. The molecule has 0 bridgehead atoms. The smallest absolute Gasteiger partial charge is 0.241 e. The molecule has 280 valence electrons. The van der Waals surface area contributed by atoms with Crippen molar-refractivity contribution in [2.75, 3.05) is 30.3 Å². The number of piperidine rings is 2. The number of nitrogens with one attached hydrogen (secondary N) is 2. The maximum atomic E-state index is 13.1. The van der Waals surface area contributed by atoms with Crippen LogP contribution in [0.2, 0.25) is 0 Å². The molecule has 9 nitrogen and oxygen atoms in total. The lowest BCUT2D eigenvalue weighted by atomic mass is 9.99. The minimum atomic E-state index is -0.0640. The van der Waals surface area contributed by atoms with Crippen LogP contribution in [0.25, 0.3) is 0 Å². The van der Waals surface area contributed by atoms with Crippen LogP contribution in [0.4, 0.5) is 11.4 Å². The number of amides is 2. The summed E-state index contributed by atoms with van der Waals surface area (Å²) >= 11 is 0. The van der Waals surface area contributed by atoms with Gasteiger partial charge in [-0.3, -0.25) is 24.4 Å². The highest BCUT2D eigenvalue weighted by atomic mass is 16.2. The first-order valence-electron chi connectivity index (χ1n) is 20.1. The van der Waals surface area contributed by atoms with Gasteiger partial charge in [0, 0.05) is 43.6 Å². The first-order valence-corrected chi connectivity index (χ1v) is 20.1. The van der Waals surface area contributed by atoms with E-state index in [-0.39, 0.29) is 11.9 Å². The highest BCUT2D eigenvalue weighted by Crippen LogP contribution is 2.42. The second kappa shape index (κ2) is 18.1. The van der Waals surface area contributed by atoms with Crippen LogP contribution in [0.15, 0.2) is 79.3 Å². The van der Waals surface area contributed by atoms with Crippen molar-refractivity contribution in [3.05, 3.63) is 107 Å². The Bertz CT molecular complexity index is 1750. The highest BCUT2D eigenvalue weighted by Gasteiger charge is 2.32. The Labute approximate surface area is 315 Å². The number of imidazole rings is 1. The number of carbonyl (C=O) groups is 2. The van der Waals surface area contributed by atoms with E-state index in [9.17, 15) is 9.59 Å². The topological polar surface area (TPSA) is 95.4 Å². The van der Waals surface area contributed by atoms with Crippen molar-refractivity contribution in [3.63, 3.8) is 0 Å². The Balaban J connectivity index is 0.000000144. The van der Waals surface area contributed by atoms with Gasteiger partial charge >= 0.3 is 0 Å². The van der Waals surface area contributed by atoms with Gasteiger partial charge in [0.15, 0.2) is 0 Å². The molecule has 0 radical (unpaired) electrons. The molecule has 3 saturated carbocycles. The summed E-state index contributed by atoms with van der Waals surface area (Å²) in [7, 11) is 2.06. The van der Waals surface area contributed by atoms with Gasteiger partial charge in [-0.15, -0.1) is 0 Å². The Hall–Kier alpha value is -4.34. The Morgan fingerprint density at radius 1 is 0.717 bits per heavy atom. The van der Waals surface area contributed by atoms with Gasteiger partial charge in [0.2, 0.25) is 12.3 Å². The predicted molar refractivity (Wildman–Crippen MR) is 212 cm³/mol. The molecule has 3 aliphatic carbocycles. The second-order valence-electron chi connectivity index (χ2n) is 15.6. The van der Waals surface area contributed by atoms with Gasteiger partial charge in [0.05, 0.1) is 18.3 Å². The maximum absolute atomic E-state index is 13.1. The molecule has 4 heterocycles. The standard InChI is InChI=1S/C24H29N3O.C10H17N3.C10H11NO/c28-24(26-20-12-10-18(11-13-20)17-6-7-17)23-5-1-2-15-27(23)16-22-21(19-8-9-19)4-3-14-25-22;1-12-8-5-11-10(12)9-13-6-3-2-4-7-13;12-7-11-10-5-3-9(4-6-10)8-1-2-8/h3-4,10-14,17,19,23H,1-2,5-9,15-16H2,(H,26,28);5,8H,2-4,6-7,9H2,1H3;3-8H,1-2H2,(H,11,12)/t23-;;/m1../s1. The van der Waals surface area contributed by atoms with Crippen LogP contribution in [0, 0.1) is 0 Å². The highest BCUT2D eigenvalue weighted by molar-refractivity contribution is 5.94. The molecule has 53 heavy (non-hydrogen) atoms. The van der Waals surface area contributed by atoms with Gasteiger partial charge in [-0.1, -0.05) is 43.2 Å². The molecule has 2 aromatic heterocycles. The lowest BCUT2D eigenvalue weighted by Gasteiger charge is -2.34. The third-order valence-corrected chi connectivity index (χ3v) is 11.4. The van der Waals surface area contributed by atoms with Gasteiger partial charge in [-0.05, 0) is 149 Å². The van der Waals surface area contributed by atoms with E-state index in [1.165, 1.54) is 99.1 Å². The minimum absolute atomic E-state index is 0.0640. The maximum Gasteiger partial charge on any atom is 0.241 e. The number of hydrogen-bond acceptors (Lipinski definition) is 6. The Kier molecular flexibility index (Phi) is 12.7. The van der Waals surface area contributed by atoms with Crippen LogP contribution in [-0.2, 0) is 29.7 Å². The zero-order valence-electron chi connectivity index (χ0n) is 31.5. The van der Waals surface area contributed by atoms with Gasteiger partial charge in [-0.25, -0.2) is 4.98 Å². The number of aryl methyl sites for hydroxylation is 1. The minimum Gasteiger partial charge on any atom is -0.337 e. The van der Waals surface area contributed by atoms with Crippen molar-refractivity contribution < 1.29 is 9.59 Å². The summed E-state index contributed by atoms with van der Waals surface area (Å²) in [6.45, 7) is 5.26. The van der Waals surface area contributed by atoms with Crippen molar-refractivity contribution in [3.8, 4) is 0 Å². The van der Waals surface area contributed by atoms with Gasteiger partial charge in [0.25, 0.3) is 0 Å². The summed E-state index contributed by atoms with van der Waals surface area (Å²) in [5.74, 6) is 3.53.